The van der Waals surface area contributed by atoms with Crippen LogP contribution in [0.2, 0.25) is 0 Å². The highest BCUT2D eigenvalue weighted by Crippen LogP contribution is 2.16. The molecule has 1 aromatic heterocycles. The molecule has 0 aliphatic rings. The van der Waals surface area contributed by atoms with Crippen molar-refractivity contribution in [2.45, 2.75) is 25.8 Å². The van der Waals surface area contributed by atoms with Crippen molar-refractivity contribution in [3.63, 3.8) is 0 Å². The van der Waals surface area contributed by atoms with Gasteiger partial charge in [0.05, 0.1) is 18.6 Å². The van der Waals surface area contributed by atoms with Crippen LogP contribution in [0.1, 0.15) is 31.5 Å². The molecule has 1 rings (SSSR count). The van der Waals surface area contributed by atoms with E-state index in [2.05, 4.69) is 9.97 Å². The minimum Gasteiger partial charge on any atom is -0.481 e. The molecule has 0 bridgehead atoms. The van der Waals surface area contributed by atoms with E-state index < -0.39 is 9.84 Å². The van der Waals surface area contributed by atoms with Crippen LogP contribution in [0.3, 0.4) is 0 Å². The normalized spacial score (nSPS) is 13.3. The van der Waals surface area contributed by atoms with Crippen LogP contribution in [0.4, 0.5) is 0 Å². The third-order valence-electron chi connectivity index (χ3n) is 2.66. The predicted molar refractivity (Wildman–Crippen MR) is 69.1 cm³/mol. The third-order valence-corrected chi connectivity index (χ3v) is 4.45. The molecule has 0 aliphatic carbocycles. The summed E-state index contributed by atoms with van der Waals surface area (Å²) in [5, 5.41) is 0. The van der Waals surface area contributed by atoms with Gasteiger partial charge >= 0.3 is 0 Å². The van der Waals surface area contributed by atoms with E-state index in [1.54, 1.807) is 13.0 Å². The molecular formula is C11H19N3O3S. The first kappa shape index (κ1) is 14.8. The maximum absolute atomic E-state index is 11.3. The lowest BCUT2D eigenvalue weighted by atomic mass is 10.1. The number of methoxy groups -OCH3 is 1. The predicted octanol–water partition coefficient (Wildman–Crippen LogP) is 0.700. The Bertz CT molecular complexity index is 476. The highest BCUT2D eigenvalue weighted by molar-refractivity contribution is 7.91. The van der Waals surface area contributed by atoms with Crippen molar-refractivity contribution < 1.29 is 13.2 Å². The topological polar surface area (TPSA) is 95.2 Å². The number of nitrogens with zero attached hydrogens (tertiary/aromatic N) is 2. The molecule has 18 heavy (non-hydrogen) atoms. The molecule has 0 radical (unpaired) electrons. The molecule has 7 heteroatoms. The minimum absolute atomic E-state index is 0.166. The van der Waals surface area contributed by atoms with E-state index in [0.717, 1.165) is 0 Å². The summed E-state index contributed by atoms with van der Waals surface area (Å²) in [5.41, 5.74) is 6.61. The van der Waals surface area contributed by atoms with Crippen LogP contribution in [0.5, 0.6) is 5.88 Å². The van der Waals surface area contributed by atoms with Gasteiger partial charge < -0.3 is 10.5 Å². The molecular weight excluding hydrogens is 254 g/mol. The summed E-state index contributed by atoms with van der Waals surface area (Å²) in [5.74, 6) is 0.792. The van der Waals surface area contributed by atoms with Gasteiger partial charge in [-0.2, -0.15) is 0 Å². The number of nitrogens with two attached hydrogens (primary N) is 1. The Morgan fingerprint density at radius 1 is 1.44 bits per heavy atom. The molecule has 0 saturated carbocycles. The van der Waals surface area contributed by atoms with Crippen LogP contribution in [0.25, 0.3) is 0 Å². The van der Waals surface area contributed by atoms with Crippen molar-refractivity contribution in [1.82, 2.24) is 9.97 Å². The molecule has 6 nitrogen and oxygen atoms in total. The average Bonchev–Trinajstić information content (AvgIpc) is 2.38. The van der Waals surface area contributed by atoms with Gasteiger partial charge in [-0.15, -0.1) is 0 Å². The zero-order chi connectivity index (χ0) is 13.6. The monoisotopic (exact) mass is 273 g/mol. The molecule has 0 aromatic carbocycles. The summed E-state index contributed by atoms with van der Waals surface area (Å²) < 4.78 is 27.6. The van der Waals surface area contributed by atoms with E-state index in [9.17, 15) is 8.42 Å². The fourth-order valence-electron chi connectivity index (χ4n) is 1.48. The number of ether oxygens (including phenoxy) is 1. The van der Waals surface area contributed by atoms with Crippen molar-refractivity contribution in [3.8, 4) is 5.88 Å². The summed E-state index contributed by atoms with van der Waals surface area (Å²) in [6.45, 7) is 1.64. The maximum atomic E-state index is 11.3. The van der Waals surface area contributed by atoms with Gasteiger partial charge in [0.25, 0.3) is 0 Å². The molecule has 0 amide bonds. The molecule has 1 heterocycles. The quantitative estimate of drug-likeness (QED) is 0.785. The van der Waals surface area contributed by atoms with Crippen LogP contribution >= 0.6 is 0 Å². The van der Waals surface area contributed by atoms with E-state index in [1.165, 1.54) is 13.4 Å². The summed E-state index contributed by atoms with van der Waals surface area (Å²) in [4.78, 5) is 7.95. The largest absolute Gasteiger partial charge is 0.481 e. The Morgan fingerprint density at radius 2 is 2.17 bits per heavy atom. The van der Waals surface area contributed by atoms with Gasteiger partial charge in [0.2, 0.25) is 5.88 Å². The van der Waals surface area contributed by atoms with Crippen molar-refractivity contribution in [2.24, 2.45) is 5.73 Å². The molecule has 102 valence electrons. The molecule has 0 fully saturated rings. The summed E-state index contributed by atoms with van der Waals surface area (Å²) in [6, 6.07) is 1.37. The standard InChI is InChI=1S/C11H19N3O3S/c1-3-18(15,16)6-4-5-9(12)10-7-11(17-2)14-8-13-10/h7-9H,3-6,12H2,1-2H3. The Kier molecular flexibility index (Phi) is 5.49. The molecule has 1 aromatic rings. The summed E-state index contributed by atoms with van der Waals surface area (Å²) in [7, 11) is -1.40. The van der Waals surface area contributed by atoms with Crippen molar-refractivity contribution in [1.29, 1.82) is 0 Å². The number of sulfone groups is 1. The van der Waals surface area contributed by atoms with Crippen molar-refractivity contribution >= 4 is 9.84 Å². The molecule has 1 atom stereocenters. The van der Waals surface area contributed by atoms with Crippen LogP contribution < -0.4 is 10.5 Å². The second-order valence-corrected chi connectivity index (χ2v) is 6.44. The van der Waals surface area contributed by atoms with Gasteiger partial charge in [0, 0.05) is 17.9 Å². The lowest BCUT2D eigenvalue weighted by Gasteiger charge is -2.11. The molecule has 1 unspecified atom stereocenters. The second-order valence-electron chi connectivity index (χ2n) is 3.97. The zero-order valence-electron chi connectivity index (χ0n) is 10.7. The summed E-state index contributed by atoms with van der Waals surface area (Å²) in [6.07, 6.45) is 2.49. The lowest BCUT2D eigenvalue weighted by molar-refractivity contribution is 0.394. The number of hydrogen-bond acceptors (Lipinski definition) is 6. The van der Waals surface area contributed by atoms with Crippen LogP contribution in [-0.2, 0) is 9.84 Å². The fourth-order valence-corrected chi connectivity index (χ4v) is 2.38. The maximum Gasteiger partial charge on any atom is 0.216 e. The lowest BCUT2D eigenvalue weighted by Crippen LogP contribution is -2.15. The Balaban J connectivity index is 2.52. The highest BCUT2D eigenvalue weighted by Gasteiger charge is 2.12. The first-order valence-electron chi connectivity index (χ1n) is 5.80. The van der Waals surface area contributed by atoms with E-state index >= 15 is 0 Å². The number of aromatic nitrogens is 2. The van der Waals surface area contributed by atoms with Gasteiger partial charge in [-0.1, -0.05) is 6.92 Å². The SMILES string of the molecule is CCS(=O)(=O)CCCC(N)c1cc(OC)ncn1. The Morgan fingerprint density at radius 3 is 2.78 bits per heavy atom. The zero-order valence-corrected chi connectivity index (χ0v) is 11.5. The highest BCUT2D eigenvalue weighted by atomic mass is 32.2. The Labute approximate surface area is 108 Å². The van der Waals surface area contributed by atoms with Gasteiger partial charge in [-0.25, -0.2) is 18.4 Å². The third kappa shape index (κ3) is 4.58. The van der Waals surface area contributed by atoms with Gasteiger partial charge in [-0.3, -0.25) is 0 Å². The van der Waals surface area contributed by atoms with E-state index in [4.69, 9.17) is 10.5 Å². The molecule has 2 N–H and O–H groups in total. The molecule has 0 saturated heterocycles. The molecule has 0 aliphatic heterocycles. The molecule has 0 spiro atoms. The van der Waals surface area contributed by atoms with Gasteiger partial charge in [-0.05, 0) is 12.8 Å². The summed E-state index contributed by atoms with van der Waals surface area (Å²) >= 11 is 0. The van der Waals surface area contributed by atoms with E-state index in [0.29, 0.717) is 24.4 Å². The van der Waals surface area contributed by atoms with Crippen LogP contribution in [0, 0.1) is 0 Å². The second kappa shape index (κ2) is 6.65. The number of rotatable bonds is 7. The van der Waals surface area contributed by atoms with Crippen LogP contribution in [-0.4, -0.2) is 37.0 Å². The van der Waals surface area contributed by atoms with Crippen molar-refractivity contribution in [2.75, 3.05) is 18.6 Å². The van der Waals surface area contributed by atoms with Crippen molar-refractivity contribution in [3.05, 3.63) is 18.1 Å². The van der Waals surface area contributed by atoms with Crippen LogP contribution in [0.15, 0.2) is 12.4 Å². The van der Waals surface area contributed by atoms with E-state index in [-0.39, 0.29) is 17.5 Å². The van der Waals surface area contributed by atoms with Gasteiger partial charge in [0.1, 0.15) is 16.2 Å². The minimum atomic E-state index is -2.92. The fraction of sp³-hybridized carbons (Fsp3) is 0.636. The first-order chi connectivity index (χ1) is 8.48. The average molecular weight is 273 g/mol. The first-order valence-corrected chi connectivity index (χ1v) is 7.62. The number of hydrogen-bond donors (Lipinski definition) is 1. The van der Waals surface area contributed by atoms with E-state index in [1.807, 2.05) is 0 Å². The van der Waals surface area contributed by atoms with Gasteiger partial charge in [0.15, 0.2) is 0 Å². The Hall–Kier alpha value is -1.21. The smallest absolute Gasteiger partial charge is 0.216 e.